The molecule has 0 saturated heterocycles. The number of nitrogens with zero attached hydrogens (tertiary/aromatic N) is 3. The Hall–Kier alpha value is -2.43. The summed E-state index contributed by atoms with van der Waals surface area (Å²) >= 11 is 0. The molecule has 2 aromatic heterocycles. The summed E-state index contributed by atoms with van der Waals surface area (Å²) < 4.78 is 0. The van der Waals surface area contributed by atoms with Crippen molar-refractivity contribution < 1.29 is 0 Å². The zero-order valence-electron chi connectivity index (χ0n) is 10.0. The minimum Gasteiger partial charge on any atom is -0.383 e. The van der Waals surface area contributed by atoms with E-state index >= 15 is 0 Å². The number of nitrogens with one attached hydrogen (secondary N) is 1. The van der Waals surface area contributed by atoms with Gasteiger partial charge < -0.3 is 5.73 Å². The van der Waals surface area contributed by atoms with Gasteiger partial charge in [-0.3, -0.25) is 5.10 Å². The molecule has 90 valence electrons. The third-order valence-corrected chi connectivity index (χ3v) is 3.00. The van der Waals surface area contributed by atoms with Crippen LogP contribution in [0.15, 0.2) is 30.6 Å². The number of H-pyrrole nitrogens is 1. The highest BCUT2D eigenvalue weighted by Gasteiger charge is 2.12. The zero-order valence-corrected chi connectivity index (χ0v) is 10.0. The molecule has 0 radical (unpaired) electrons. The number of anilines is 1. The summed E-state index contributed by atoms with van der Waals surface area (Å²) in [5.74, 6) is 0.450. The summed E-state index contributed by atoms with van der Waals surface area (Å²) in [6, 6.07) is 8.25. The van der Waals surface area contributed by atoms with Crippen molar-refractivity contribution in [3.8, 4) is 11.3 Å². The summed E-state index contributed by atoms with van der Waals surface area (Å²) in [6.07, 6.45) is 2.42. The van der Waals surface area contributed by atoms with Gasteiger partial charge >= 0.3 is 0 Å². The van der Waals surface area contributed by atoms with E-state index in [4.69, 9.17) is 5.73 Å². The third-order valence-electron chi connectivity index (χ3n) is 3.00. The number of rotatable bonds is 2. The minimum atomic E-state index is 0.450. The van der Waals surface area contributed by atoms with Gasteiger partial charge in [0.05, 0.1) is 5.39 Å². The molecule has 3 rings (SSSR count). The molecule has 18 heavy (non-hydrogen) atoms. The van der Waals surface area contributed by atoms with E-state index in [1.165, 1.54) is 11.9 Å². The fourth-order valence-corrected chi connectivity index (χ4v) is 2.03. The van der Waals surface area contributed by atoms with E-state index in [9.17, 15) is 0 Å². The molecule has 0 aliphatic heterocycles. The van der Waals surface area contributed by atoms with Gasteiger partial charge in [-0.05, 0) is 18.1 Å². The highest BCUT2D eigenvalue weighted by atomic mass is 15.2. The van der Waals surface area contributed by atoms with Crippen molar-refractivity contribution in [2.75, 3.05) is 5.73 Å². The van der Waals surface area contributed by atoms with Crippen molar-refractivity contribution in [2.24, 2.45) is 0 Å². The summed E-state index contributed by atoms with van der Waals surface area (Å²) in [7, 11) is 0. The van der Waals surface area contributed by atoms with E-state index in [0.717, 1.165) is 23.1 Å². The van der Waals surface area contributed by atoms with Gasteiger partial charge in [0.2, 0.25) is 0 Å². The topological polar surface area (TPSA) is 80.5 Å². The van der Waals surface area contributed by atoms with E-state index in [0.29, 0.717) is 11.5 Å². The molecule has 5 heteroatoms. The molecule has 0 atom stereocenters. The van der Waals surface area contributed by atoms with Crippen molar-refractivity contribution in [1.82, 2.24) is 20.2 Å². The van der Waals surface area contributed by atoms with Crippen molar-refractivity contribution in [1.29, 1.82) is 0 Å². The lowest BCUT2D eigenvalue weighted by Gasteiger charge is -2.02. The number of hydrogen-bond acceptors (Lipinski definition) is 4. The first kappa shape index (κ1) is 10.7. The number of nitrogens with two attached hydrogens (primary N) is 1. The number of aromatic amines is 1. The fraction of sp³-hybridized carbons (Fsp3) is 0.154. The predicted octanol–water partition coefficient (Wildman–Crippen LogP) is 2.16. The van der Waals surface area contributed by atoms with Gasteiger partial charge in [-0.1, -0.05) is 25.1 Å². The number of aryl methyl sites for hydroxylation is 1. The second-order valence-electron chi connectivity index (χ2n) is 4.11. The average molecular weight is 239 g/mol. The predicted molar refractivity (Wildman–Crippen MR) is 70.9 cm³/mol. The highest BCUT2D eigenvalue weighted by Crippen LogP contribution is 2.28. The Morgan fingerprint density at radius 2 is 2.17 bits per heavy atom. The van der Waals surface area contributed by atoms with Crippen LogP contribution in [0, 0.1) is 0 Å². The Balaban J connectivity index is 2.25. The monoisotopic (exact) mass is 239 g/mol. The Morgan fingerprint density at radius 1 is 1.28 bits per heavy atom. The van der Waals surface area contributed by atoms with Gasteiger partial charge in [0, 0.05) is 5.56 Å². The second kappa shape index (κ2) is 4.10. The summed E-state index contributed by atoms with van der Waals surface area (Å²) in [5, 5.41) is 7.96. The summed E-state index contributed by atoms with van der Waals surface area (Å²) in [4.78, 5) is 8.14. The first-order valence-electron chi connectivity index (χ1n) is 5.83. The molecule has 1 aromatic carbocycles. The number of nitrogen functional groups attached to an aromatic ring is 1. The van der Waals surface area contributed by atoms with E-state index in [1.54, 1.807) is 0 Å². The van der Waals surface area contributed by atoms with Crippen LogP contribution in [0.3, 0.4) is 0 Å². The maximum Gasteiger partial charge on any atom is 0.161 e. The molecule has 3 aromatic rings. The highest BCUT2D eigenvalue weighted by molar-refractivity contribution is 5.97. The maximum atomic E-state index is 5.90. The van der Waals surface area contributed by atoms with Crippen LogP contribution in [0.1, 0.15) is 12.5 Å². The van der Waals surface area contributed by atoms with Gasteiger partial charge in [-0.15, -0.1) is 0 Å². The van der Waals surface area contributed by atoms with E-state index in [2.05, 4.69) is 39.2 Å². The van der Waals surface area contributed by atoms with Gasteiger partial charge in [0.25, 0.3) is 0 Å². The average Bonchev–Trinajstić information content (AvgIpc) is 2.84. The lowest BCUT2D eigenvalue weighted by molar-refractivity contribution is 1.09. The van der Waals surface area contributed by atoms with Crippen LogP contribution in [-0.2, 0) is 6.42 Å². The molecule has 0 bridgehead atoms. The van der Waals surface area contributed by atoms with E-state index in [-0.39, 0.29) is 0 Å². The largest absolute Gasteiger partial charge is 0.383 e. The van der Waals surface area contributed by atoms with Crippen molar-refractivity contribution >= 4 is 16.9 Å². The Labute approximate surface area is 104 Å². The minimum absolute atomic E-state index is 0.450. The van der Waals surface area contributed by atoms with Crippen molar-refractivity contribution in [3.05, 3.63) is 36.2 Å². The van der Waals surface area contributed by atoms with E-state index in [1.807, 2.05) is 12.1 Å². The molecule has 0 saturated carbocycles. The molecule has 0 aliphatic rings. The van der Waals surface area contributed by atoms with Gasteiger partial charge in [-0.2, -0.15) is 5.10 Å². The lowest BCUT2D eigenvalue weighted by Crippen LogP contribution is -1.92. The van der Waals surface area contributed by atoms with Crippen molar-refractivity contribution in [2.45, 2.75) is 13.3 Å². The molecule has 0 amide bonds. The lowest BCUT2D eigenvalue weighted by atomic mass is 10.0. The van der Waals surface area contributed by atoms with Crippen LogP contribution in [-0.4, -0.2) is 20.2 Å². The maximum absolute atomic E-state index is 5.90. The summed E-state index contributed by atoms with van der Waals surface area (Å²) in [6.45, 7) is 2.12. The third kappa shape index (κ3) is 1.60. The van der Waals surface area contributed by atoms with Crippen LogP contribution in [0.4, 0.5) is 5.82 Å². The quantitative estimate of drug-likeness (QED) is 0.718. The van der Waals surface area contributed by atoms with Gasteiger partial charge in [0.1, 0.15) is 17.8 Å². The zero-order chi connectivity index (χ0) is 12.5. The summed E-state index contributed by atoms with van der Waals surface area (Å²) in [5.41, 5.74) is 9.66. The standard InChI is InChI=1S/C13H13N5/c1-2-8-4-3-5-9(6-8)11-10-12(14)15-7-16-13(10)18-17-11/h3-7H,2H2,1H3,(H3,14,15,16,17,18). The van der Waals surface area contributed by atoms with Gasteiger partial charge in [-0.25, -0.2) is 9.97 Å². The Kier molecular flexibility index (Phi) is 2.44. The Morgan fingerprint density at radius 3 is 3.00 bits per heavy atom. The molecule has 0 fully saturated rings. The fourth-order valence-electron chi connectivity index (χ4n) is 2.03. The second-order valence-corrected chi connectivity index (χ2v) is 4.11. The van der Waals surface area contributed by atoms with Gasteiger partial charge in [0.15, 0.2) is 5.65 Å². The van der Waals surface area contributed by atoms with Crippen LogP contribution >= 0.6 is 0 Å². The first-order valence-corrected chi connectivity index (χ1v) is 5.83. The number of hydrogen-bond donors (Lipinski definition) is 2. The molecule has 0 unspecified atom stereocenters. The van der Waals surface area contributed by atoms with Crippen molar-refractivity contribution in [3.63, 3.8) is 0 Å². The smallest absolute Gasteiger partial charge is 0.161 e. The molecular weight excluding hydrogens is 226 g/mol. The van der Waals surface area contributed by atoms with Crippen LogP contribution in [0.5, 0.6) is 0 Å². The first-order chi connectivity index (χ1) is 8.79. The Bertz CT molecular complexity index is 701. The molecule has 0 spiro atoms. The number of fused-ring (bicyclic) bond motifs is 1. The van der Waals surface area contributed by atoms with E-state index < -0.39 is 0 Å². The van der Waals surface area contributed by atoms with Crippen LogP contribution in [0.25, 0.3) is 22.3 Å². The molecular formula is C13H13N5. The molecule has 3 N–H and O–H groups in total. The molecule has 5 nitrogen and oxygen atoms in total. The number of aromatic nitrogens is 4. The SMILES string of the molecule is CCc1cccc(-c2n[nH]c3ncnc(N)c23)c1. The molecule has 0 aliphatic carbocycles. The molecule has 2 heterocycles. The van der Waals surface area contributed by atoms with Crippen LogP contribution < -0.4 is 5.73 Å². The van der Waals surface area contributed by atoms with Crippen LogP contribution in [0.2, 0.25) is 0 Å². The normalized spacial score (nSPS) is 10.9. The number of benzene rings is 1.